The number of piperidine rings is 1. The maximum atomic E-state index is 13.1. The van der Waals surface area contributed by atoms with Crippen LogP contribution in [-0.4, -0.2) is 37.0 Å². The van der Waals surface area contributed by atoms with Gasteiger partial charge >= 0.3 is 6.03 Å². The average Bonchev–Trinajstić information content (AvgIpc) is 2.73. The highest BCUT2D eigenvalue weighted by molar-refractivity contribution is 5.94. The summed E-state index contributed by atoms with van der Waals surface area (Å²) in [5, 5.41) is 5.64. The summed E-state index contributed by atoms with van der Waals surface area (Å²) in [6, 6.07) is 13.4. The van der Waals surface area contributed by atoms with Gasteiger partial charge in [0.1, 0.15) is 5.82 Å². The SMILES string of the molecule is CNC(=O)N1CCC[C@H](c2cccc(C(=O)N[C@H](C)c3ccc(F)cc3)c2)C1. The molecule has 2 atom stereocenters. The lowest BCUT2D eigenvalue weighted by Gasteiger charge is -2.32. The van der Waals surface area contributed by atoms with Gasteiger partial charge in [0.2, 0.25) is 0 Å². The Kier molecular flexibility index (Phi) is 6.29. The number of nitrogens with one attached hydrogen (secondary N) is 2. The molecule has 6 heteroatoms. The van der Waals surface area contributed by atoms with E-state index in [1.807, 2.05) is 30.0 Å². The summed E-state index contributed by atoms with van der Waals surface area (Å²) in [5.74, 6) is -0.251. The zero-order valence-electron chi connectivity index (χ0n) is 16.2. The zero-order valence-corrected chi connectivity index (χ0v) is 16.2. The van der Waals surface area contributed by atoms with Crippen molar-refractivity contribution in [2.24, 2.45) is 0 Å². The first kappa shape index (κ1) is 19.9. The number of likely N-dealkylation sites (tertiary alicyclic amines) is 1. The Morgan fingerprint density at radius 3 is 2.64 bits per heavy atom. The highest BCUT2D eigenvalue weighted by atomic mass is 19.1. The van der Waals surface area contributed by atoms with Crippen LogP contribution in [-0.2, 0) is 0 Å². The Morgan fingerprint density at radius 1 is 1.18 bits per heavy atom. The van der Waals surface area contributed by atoms with Crippen LogP contribution in [0.1, 0.15) is 53.2 Å². The summed E-state index contributed by atoms with van der Waals surface area (Å²) >= 11 is 0. The molecule has 1 aliphatic rings. The van der Waals surface area contributed by atoms with E-state index in [9.17, 15) is 14.0 Å². The van der Waals surface area contributed by atoms with Gasteiger partial charge in [-0.05, 0) is 55.2 Å². The van der Waals surface area contributed by atoms with Crippen LogP contribution in [0, 0.1) is 5.82 Å². The molecule has 0 bridgehead atoms. The number of hydrogen-bond donors (Lipinski definition) is 2. The quantitative estimate of drug-likeness (QED) is 0.843. The number of rotatable bonds is 4. The van der Waals surface area contributed by atoms with Gasteiger partial charge in [-0.3, -0.25) is 4.79 Å². The van der Waals surface area contributed by atoms with Gasteiger partial charge in [-0.2, -0.15) is 0 Å². The van der Waals surface area contributed by atoms with Crippen molar-refractivity contribution in [3.05, 3.63) is 71.0 Å². The van der Waals surface area contributed by atoms with Crippen LogP contribution in [0.5, 0.6) is 0 Å². The first-order valence-electron chi connectivity index (χ1n) is 9.61. The minimum Gasteiger partial charge on any atom is -0.346 e. The largest absolute Gasteiger partial charge is 0.346 e. The molecule has 1 fully saturated rings. The lowest BCUT2D eigenvalue weighted by molar-refractivity contribution is 0.0939. The van der Waals surface area contributed by atoms with E-state index in [0.717, 1.165) is 30.5 Å². The molecule has 1 aliphatic heterocycles. The van der Waals surface area contributed by atoms with Crippen molar-refractivity contribution in [2.45, 2.75) is 31.7 Å². The Hall–Kier alpha value is -2.89. The molecular formula is C22H26FN3O2. The lowest BCUT2D eigenvalue weighted by Crippen LogP contribution is -2.43. The van der Waals surface area contributed by atoms with Crippen LogP contribution >= 0.6 is 0 Å². The molecule has 3 amide bonds. The van der Waals surface area contributed by atoms with E-state index in [4.69, 9.17) is 0 Å². The summed E-state index contributed by atoms with van der Waals surface area (Å²) in [4.78, 5) is 26.4. The maximum Gasteiger partial charge on any atom is 0.317 e. The second-order valence-corrected chi connectivity index (χ2v) is 7.21. The molecule has 3 rings (SSSR count). The lowest BCUT2D eigenvalue weighted by atomic mass is 9.89. The molecule has 2 aromatic rings. The Labute approximate surface area is 164 Å². The standard InChI is InChI=1S/C22H26FN3O2/c1-15(16-8-10-20(23)11-9-16)25-21(27)18-6-3-5-17(13-18)19-7-4-12-26(14-19)22(28)24-2/h3,5-6,8-11,13,15,19H,4,7,12,14H2,1-2H3,(H,24,28)(H,25,27)/t15-,19+/m1/s1. The number of nitrogens with zero attached hydrogens (tertiary/aromatic N) is 1. The Bertz CT molecular complexity index is 838. The Balaban J connectivity index is 1.69. The van der Waals surface area contributed by atoms with Crippen LogP contribution in [0.4, 0.5) is 9.18 Å². The fourth-order valence-electron chi connectivity index (χ4n) is 3.64. The summed E-state index contributed by atoms with van der Waals surface area (Å²) in [6.45, 7) is 3.28. The van der Waals surface area contributed by atoms with E-state index < -0.39 is 0 Å². The molecule has 5 nitrogen and oxygen atoms in total. The molecule has 1 heterocycles. The topological polar surface area (TPSA) is 61.4 Å². The van der Waals surface area contributed by atoms with E-state index in [2.05, 4.69) is 10.6 Å². The summed E-state index contributed by atoms with van der Waals surface area (Å²) in [7, 11) is 1.64. The van der Waals surface area contributed by atoms with Crippen LogP contribution in [0.15, 0.2) is 48.5 Å². The van der Waals surface area contributed by atoms with Gasteiger partial charge in [0.25, 0.3) is 5.91 Å². The molecule has 0 aromatic heterocycles. The molecule has 148 valence electrons. The minimum absolute atomic E-state index is 0.0632. The maximum absolute atomic E-state index is 13.1. The fourth-order valence-corrected chi connectivity index (χ4v) is 3.64. The molecule has 0 unspecified atom stereocenters. The van der Waals surface area contributed by atoms with E-state index in [0.29, 0.717) is 12.1 Å². The van der Waals surface area contributed by atoms with Crippen LogP contribution < -0.4 is 10.6 Å². The highest BCUT2D eigenvalue weighted by Crippen LogP contribution is 2.27. The molecule has 0 saturated carbocycles. The van der Waals surface area contributed by atoms with Gasteiger partial charge in [0, 0.05) is 31.6 Å². The van der Waals surface area contributed by atoms with Crippen LogP contribution in [0.2, 0.25) is 0 Å². The third-order valence-electron chi connectivity index (χ3n) is 5.26. The van der Waals surface area contributed by atoms with Gasteiger partial charge in [0.15, 0.2) is 0 Å². The van der Waals surface area contributed by atoms with Crippen molar-refractivity contribution in [3.8, 4) is 0 Å². The van der Waals surface area contributed by atoms with E-state index >= 15 is 0 Å². The van der Waals surface area contributed by atoms with E-state index in [1.54, 1.807) is 25.2 Å². The summed E-state index contributed by atoms with van der Waals surface area (Å²) in [5.41, 5.74) is 2.50. The predicted octanol–water partition coefficient (Wildman–Crippen LogP) is 3.84. The van der Waals surface area contributed by atoms with Crippen molar-refractivity contribution in [2.75, 3.05) is 20.1 Å². The highest BCUT2D eigenvalue weighted by Gasteiger charge is 2.24. The van der Waals surface area contributed by atoms with Crippen LogP contribution in [0.3, 0.4) is 0 Å². The number of carbonyl (C=O) groups is 2. The number of benzene rings is 2. The first-order valence-corrected chi connectivity index (χ1v) is 9.61. The average molecular weight is 383 g/mol. The van der Waals surface area contributed by atoms with Gasteiger partial charge < -0.3 is 15.5 Å². The summed E-state index contributed by atoms with van der Waals surface area (Å²) < 4.78 is 13.1. The molecule has 2 aromatic carbocycles. The van der Waals surface area contributed by atoms with Crippen molar-refractivity contribution >= 4 is 11.9 Å². The smallest absolute Gasteiger partial charge is 0.317 e. The number of hydrogen-bond acceptors (Lipinski definition) is 2. The molecule has 1 saturated heterocycles. The van der Waals surface area contributed by atoms with Crippen molar-refractivity contribution in [1.29, 1.82) is 0 Å². The number of amides is 3. The van der Waals surface area contributed by atoms with Gasteiger partial charge in [-0.1, -0.05) is 24.3 Å². The predicted molar refractivity (Wildman–Crippen MR) is 107 cm³/mol. The monoisotopic (exact) mass is 383 g/mol. The normalized spacial score (nSPS) is 17.7. The second-order valence-electron chi connectivity index (χ2n) is 7.21. The number of halogens is 1. The third-order valence-corrected chi connectivity index (χ3v) is 5.26. The molecule has 2 N–H and O–H groups in total. The van der Waals surface area contributed by atoms with Crippen molar-refractivity contribution in [1.82, 2.24) is 15.5 Å². The summed E-state index contributed by atoms with van der Waals surface area (Å²) in [6.07, 6.45) is 1.93. The minimum atomic E-state index is -0.298. The molecule has 0 radical (unpaired) electrons. The third kappa shape index (κ3) is 4.68. The van der Waals surface area contributed by atoms with Gasteiger partial charge in [-0.25, -0.2) is 9.18 Å². The Morgan fingerprint density at radius 2 is 1.93 bits per heavy atom. The second kappa shape index (κ2) is 8.87. The molecule has 0 spiro atoms. The van der Waals surface area contributed by atoms with E-state index in [1.165, 1.54) is 12.1 Å². The number of urea groups is 1. The van der Waals surface area contributed by atoms with Gasteiger partial charge in [-0.15, -0.1) is 0 Å². The van der Waals surface area contributed by atoms with E-state index in [-0.39, 0.29) is 29.7 Å². The van der Waals surface area contributed by atoms with Gasteiger partial charge in [0.05, 0.1) is 6.04 Å². The van der Waals surface area contributed by atoms with Crippen molar-refractivity contribution in [3.63, 3.8) is 0 Å². The molecule has 0 aliphatic carbocycles. The van der Waals surface area contributed by atoms with Crippen molar-refractivity contribution < 1.29 is 14.0 Å². The molecular weight excluding hydrogens is 357 g/mol. The number of carbonyl (C=O) groups excluding carboxylic acids is 2. The first-order chi connectivity index (χ1) is 13.5. The molecule has 28 heavy (non-hydrogen) atoms. The fraction of sp³-hybridized carbons (Fsp3) is 0.364. The van der Waals surface area contributed by atoms with Crippen LogP contribution in [0.25, 0.3) is 0 Å². The zero-order chi connectivity index (χ0) is 20.1.